The molecule has 112 valence electrons. The van der Waals surface area contributed by atoms with E-state index in [1.54, 1.807) is 24.3 Å². The van der Waals surface area contributed by atoms with Crippen molar-refractivity contribution in [2.75, 3.05) is 11.9 Å². The van der Waals surface area contributed by atoms with Gasteiger partial charge in [0.1, 0.15) is 5.69 Å². The first-order chi connectivity index (χ1) is 9.90. The van der Waals surface area contributed by atoms with E-state index in [0.29, 0.717) is 10.0 Å². The maximum atomic E-state index is 13.4. The van der Waals surface area contributed by atoms with E-state index >= 15 is 0 Å². The van der Waals surface area contributed by atoms with Gasteiger partial charge < -0.3 is 10.4 Å². The summed E-state index contributed by atoms with van der Waals surface area (Å²) in [7, 11) is 0. The fraction of sp³-hybridized carbons (Fsp3) is 0.143. The zero-order valence-electron chi connectivity index (χ0n) is 10.5. The highest BCUT2D eigenvalue weighted by Crippen LogP contribution is 2.25. The Bertz CT molecular complexity index is 639. The minimum Gasteiger partial charge on any atom is -0.387 e. The highest BCUT2D eigenvalue weighted by molar-refractivity contribution is 9.10. The van der Waals surface area contributed by atoms with Crippen LogP contribution in [0.4, 0.5) is 23.2 Å². The van der Waals surface area contributed by atoms with Crippen molar-refractivity contribution >= 4 is 21.6 Å². The summed E-state index contributed by atoms with van der Waals surface area (Å²) in [6.45, 7) is -0.312. The van der Waals surface area contributed by atoms with E-state index in [0.717, 1.165) is 0 Å². The molecule has 0 aliphatic heterocycles. The summed E-state index contributed by atoms with van der Waals surface area (Å²) < 4.78 is 53.6. The average Bonchev–Trinajstić information content (AvgIpc) is 2.45. The molecule has 0 aliphatic carbocycles. The topological polar surface area (TPSA) is 32.3 Å². The Morgan fingerprint density at radius 3 is 2.24 bits per heavy atom. The molecule has 0 amide bonds. The van der Waals surface area contributed by atoms with Crippen LogP contribution in [-0.2, 0) is 0 Å². The summed E-state index contributed by atoms with van der Waals surface area (Å²) >= 11 is 3.22. The van der Waals surface area contributed by atoms with Gasteiger partial charge in [0.15, 0.2) is 23.3 Å². The average molecular weight is 364 g/mol. The number of halogens is 5. The summed E-state index contributed by atoms with van der Waals surface area (Å²) in [6.07, 6.45) is -1.10. The van der Waals surface area contributed by atoms with E-state index in [1.807, 2.05) is 0 Å². The molecule has 0 bridgehead atoms. The number of aliphatic hydroxyl groups excluding tert-OH is 1. The van der Waals surface area contributed by atoms with Crippen LogP contribution in [0.1, 0.15) is 11.7 Å². The molecule has 21 heavy (non-hydrogen) atoms. The number of hydrogen-bond acceptors (Lipinski definition) is 2. The summed E-state index contributed by atoms with van der Waals surface area (Å²) in [5.41, 5.74) is -0.462. The number of hydrogen-bond donors (Lipinski definition) is 2. The van der Waals surface area contributed by atoms with Crippen LogP contribution in [0.25, 0.3) is 0 Å². The lowest BCUT2D eigenvalue weighted by molar-refractivity contribution is 0.191. The van der Waals surface area contributed by atoms with Crippen molar-refractivity contribution in [1.29, 1.82) is 0 Å². The SMILES string of the molecule is OC(CNc1c(F)c(F)cc(F)c1F)c1cccc(Br)c1. The third-order valence-electron chi connectivity index (χ3n) is 2.82. The van der Waals surface area contributed by atoms with E-state index in [-0.39, 0.29) is 12.6 Å². The molecule has 1 unspecified atom stereocenters. The van der Waals surface area contributed by atoms with E-state index < -0.39 is 35.1 Å². The summed E-state index contributed by atoms with van der Waals surface area (Å²) in [4.78, 5) is 0. The van der Waals surface area contributed by atoms with E-state index in [2.05, 4.69) is 21.2 Å². The number of aliphatic hydroxyl groups is 1. The maximum Gasteiger partial charge on any atom is 0.185 e. The Hall–Kier alpha value is -1.60. The van der Waals surface area contributed by atoms with Gasteiger partial charge in [0, 0.05) is 17.1 Å². The van der Waals surface area contributed by atoms with E-state index in [1.165, 1.54) is 0 Å². The zero-order chi connectivity index (χ0) is 15.6. The Labute approximate surface area is 126 Å². The fourth-order valence-corrected chi connectivity index (χ4v) is 2.18. The van der Waals surface area contributed by atoms with Crippen LogP contribution in [0.15, 0.2) is 34.8 Å². The second-order valence-corrected chi connectivity index (χ2v) is 5.21. The third kappa shape index (κ3) is 3.54. The van der Waals surface area contributed by atoms with Crippen molar-refractivity contribution in [3.8, 4) is 0 Å². The number of nitrogens with one attached hydrogen (secondary N) is 1. The molecule has 0 fully saturated rings. The largest absolute Gasteiger partial charge is 0.387 e. The van der Waals surface area contributed by atoms with Gasteiger partial charge >= 0.3 is 0 Å². The standard InChI is InChI=1S/C14H10BrF4NO/c15-8-3-1-2-7(4-8)11(21)6-20-14-12(18)9(16)5-10(17)13(14)19/h1-5,11,20-21H,6H2. The van der Waals surface area contributed by atoms with Crippen molar-refractivity contribution in [2.45, 2.75) is 6.10 Å². The Balaban J connectivity index is 2.17. The lowest BCUT2D eigenvalue weighted by atomic mass is 10.1. The molecular formula is C14H10BrF4NO. The Kier molecular flexibility index (Phi) is 4.84. The van der Waals surface area contributed by atoms with Crippen molar-refractivity contribution in [1.82, 2.24) is 0 Å². The van der Waals surface area contributed by atoms with Crippen molar-refractivity contribution in [3.05, 3.63) is 63.6 Å². The monoisotopic (exact) mass is 363 g/mol. The third-order valence-corrected chi connectivity index (χ3v) is 3.31. The number of anilines is 1. The van der Waals surface area contributed by atoms with Crippen LogP contribution in [0.5, 0.6) is 0 Å². The quantitative estimate of drug-likeness (QED) is 0.631. The highest BCUT2D eigenvalue weighted by Gasteiger charge is 2.19. The molecule has 0 radical (unpaired) electrons. The van der Waals surface area contributed by atoms with Gasteiger partial charge in [-0.05, 0) is 17.7 Å². The van der Waals surface area contributed by atoms with Crippen LogP contribution >= 0.6 is 15.9 Å². The predicted octanol–water partition coefficient (Wildman–Crippen LogP) is 4.15. The van der Waals surface area contributed by atoms with E-state index in [9.17, 15) is 22.7 Å². The molecule has 2 nitrogen and oxygen atoms in total. The van der Waals surface area contributed by atoms with Crippen LogP contribution in [0, 0.1) is 23.3 Å². The molecule has 7 heteroatoms. The Morgan fingerprint density at radius 2 is 1.67 bits per heavy atom. The molecule has 0 saturated heterocycles. The molecule has 0 saturated carbocycles. The predicted molar refractivity (Wildman–Crippen MR) is 73.9 cm³/mol. The van der Waals surface area contributed by atoms with Gasteiger partial charge in [0.2, 0.25) is 0 Å². The summed E-state index contributed by atoms with van der Waals surface area (Å²) in [5, 5.41) is 12.1. The molecule has 0 spiro atoms. The van der Waals surface area contributed by atoms with Gasteiger partial charge in [-0.25, -0.2) is 17.6 Å². The first kappa shape index (κ1) is 15.8. The van der Waals surface area contributed by atoms with Crippen LogP contribution in [-0.4, -0.2) is 11.7 Å². The van der Waals surface area contributed by atoms with Crippen LogP contribution < -0.4 is 5.32 Å². The normalized spacial score (nSPS) is 12.3. The van der Waals surface area contributed by atoms with Crippen LogP contribution in [0.3, 0.4) is 0 Å². The second-order valence-electron chi connectivity index (χ2n) is 4.29. The molecule has 2 rings (SSSR count). The van der Waals surface area contributed by atoms with Crippen LogP contribution in [0.2, 0.25) is 0 Å². The molecule has 2 N–H and O–H groups in total. The van der Waals surface area contributed by atoms with E-state index in [4.69, 9.17) is 0 Å². The van der Waals surface area contributed by atoms with Gasteiger partial charge in [0.05, 0.1) is 6.10 Å². The first-order valence-electron chi connectivity index (χ1n) is 5.90. The first-order valence-corrected chi connectivity index (χ1v) is 6.70. The van der Waals surface area contributed by atoms with Gasteiger partial charge in [-0.15, -0.1) is 0 Å². The molecular weight excluding hydrogens is 354 g/mol. The van der Waals surface area contributed by atoms with Crippen molar-refractivity contribution in [3.63, 3.8) is 0 Å². The summed E-state index contributed by atoms with van der Waals surface area (Å²) in [6, 6.07) is 6.76. The molecule has 1 atom stereocenters. The molecule has 2 aromatic carbocycles. The smallest absolute Gasteiger partial charge is 0.185 e. The van der Waals surface area contributed by atoms with Gasteiger partial charge in [0.25, 0.3) is 0 Å². The second kappa shape index (κ2) is 6.44. The molecule has 0 heterocycles. The number of rotatable bonds is 4. The van der Waals surface area contributed by atoms with Gasteiger partial charge in [-0.2, -0.15) is 0 Å². The van der Waals surface area contributed by atoms with Gasteiger partial charge in [-0.1, -0.05) is 28.1 Å². The minimum atomic E-state index is -1.53. The van der Waals surface area contributed by atoms with Crippen molar-refractivity contribution < 1.29 is 22.7 Å². The number of benzene rings is 2. The van der Waals surface area contributed by atoms with Crippen molar-refractivity contribution in [2.24, 2.45) is 0 Å². The zero-order valence-corrected chi connectivity index (χ0v) is 12.1. The molecule has 2 aromatic rings. The highest BCUT2D eigenvalue weighted by atomic mass is 79.9. The molecule has 0 aliphatic rings. The minimum absolute atomic E-state index is 0.126. The Morgan fingerprint density at radius 1 is 1.05 bits per heavy atom. The molecule has 0 aromatic heterocycles. The summed E-state index contributed by atoms with van der Waals surface area (Å²) in [5.74, 6) is -6.08. The lowest BCUT2D eigenvalue weighted by Crippen LogP contribution is -2.15. The maximum absolute atomic E-state index is 13.4. The van der Waals surface area contributed by atoms with Gasteiger partial charge in [-0.3, -0.25) is 0 Å². The lowest BCUT2D eigenvalue weighted by Gasteiger charge is -2.15. The fourth-order valence-electron chi connectivity index (χ4n) is 1.76.